The highest BCUT2D eigenvalue weighted by molar-refractivity contribution is 6.34. The number of anilines is 1. The van der Waals surface area contributed by atoms with Crippen molar-refractivity contribution in [3.63, 3.8) is 0 Å². The van der Waals surface area contributed by atoms with E-state index in [-0.39, 0.29) is 11.8 Å². The third-order valence-electron chi connectivity index (χ3n) is 4.49. The second-order valence-corrected chi connectivity index (χ2v) is 6.99. The number of benzene rings is 2. The highest BCUT2D eigenvalue weighted by atomic mass is 35.5. The predicted molar refractivity (Wildman–Crippen MR) is 106 cm³/mol. The first-order valence-electron chi connectivity index (χ1n) is 9.10. The van der Waals surface area contributed by atoms with Gasteiger partial charge in [0.05, 0.1) is 23.9 Å². The maximum absolute atomic E-state index is 12.9. The number of halogens is 1. The van der Waals surface area contributed by atoms with E-state index in [0.29, 0.717) is 23.9 Å². The topological polar surface area (TPSA) is 58.6 Å². The Hall–Kier alpha value is -2.53. The molecule has 6 heteroatoms. The Balaban J connectivity index is 1.80. The molecular weight excluding hydrogens is 364 g/mol. The first-order valence-corrected chi connectivity index (χ1v) is 9.47. The van der Waals surface area contributed by atoms with Crippen molar-refractivity contribution in [2.45, 2.75) is 39.3 Å². The van der Waals surface area contributed by atoms with Crippen molar-refractivity contribution in [1.29, 1.82) is 0 Å². The first kappa shape index (κ1) is 19.2. The monoisotopic (exact) mass is 386 g/mol. The van der Waals surface area contributed by atoms with Gasteiger partial charge in [-0.3, -0.25) is 9.59 Å². The normalized spacial score (nSPS) is 15.6. The quantitative estimate of drug-likeness (QED) is 0.724. The summed E-state index contributed by atoms with van der Waals surface area (Å²) >= 11 is 6.37. The highest BCUT2D eigenvalue weighted by Crippen LogP contribution is 2.41. The number of hydrogen-bond acceptors (Lipinski definition) is 3. The lowest BCUT2D eigenvalue weighted by atomic mass is 10.1. The number of para-hydroxylation sites is 1. The number of nitrogens with zero attached hydrogens (tertiary/aromatic N) is 1. The maximum atomic E-state index is 12.9. The van der Waals surface area contributed by atoms with E-state index in [0.717, 1.165) is 29.7 Å². The molecule has 0 saturated carbocycles. The summed E-state index contributed by atoms with van der Waals surface area (Å²) in [6, 6.07) is 12.4. The predicted octanol–water partition coefficient (Wildman–Crippen LogP) is 4.24. The van der Waals surface area contributed by atoms with Crippen LogP contribution in [0.1, 0.15) is 43.9 Å². The van der Waals surface area contributed by atoms with E-state index in [4.69, 9.17) is 16.3 Å². The Morgan fingerprint density at radius 2 is 1.96 bits per heavy atom. The van der Waals surface area contributed by atoms with Gasteiger partial charge in [-0.15, -0.1) is 0 Å². The van der Waals surface area contributed by atoms with Crippen LogP contribution in [-0.2, 0) is 16.1 Å². The van der Waals surface area contributed by atoms with Gasteiger partial charge in [0.15, 0.2) is 0 Å². The van der Waals surface area contributed by atoms with Gasteiger partial charge in [0.25, 0.3) is 5.91 Å². The average molecular weight is 387 g/mol. The van der Waals surface area contributed by atoms with Crippen LogP contribution in [0, 0.1) is 0 Å². The minimum atomic E-state index is -0.701. The summed E-state index contributed by atoms with van der Waals surface area (Å²) in [5.41, 5.74) is 2.34. The number of amides is 2. The fourth-order valence-electron chi connectivity index (χ4n) is 3.16. The van der Waals surface area contributed by atoms with Crippen molar-refractivity contribution in [1.82, 2.24) is 5.32 Å². The van der Waals surface area contributed by atoms with Crippen molar-refractivity contribution in [2.75, 3.05) is 11.5 Å². The second kappa shape index (κ2) is 8.44. The van der Waals surface area contributed by atoms with E-state index < -0.39 is 6.04 Å². The molecule has 0 aromatic heterocycles. The van der Waals surface area contributed by atoms with Gasteiger partial charge < -0.3 is 15.0 Å². The molecule has 3 rings (SSSR count). The number of ether oxygens (including phenoxy) is 1. The van der Waals surface area contributed by atoms with E-state index in [9.17, 15) is 9.59 Å². The molecular formula is C21H23ClN2O3. The van der Waals surface area contributed by atoms with Gasteiger partial charge in [-0.25, -0.2) is 0 Å². The summed E-state index contributed by atoms with van der Waals surface area (Å²) in [7, 11) is 0. The van der Waals surface area contributed by atoms with Crippen molar-refractivity contribution in [2.24, 2.45) is 0 Å². The fraction of sp³-hybridized carbons (Fsp3) is 0.333. The molecule has 1 heterocycles. The number of hydrogen-bond donors (Lipinski definition) is 1. The van der Waals surface area contributed by atoms with Crippen molar-refractivity contribution < 1.29 is 14.3 Å². The Bertz CT molecular complexity index is 836. The van der Waals surface area contributed by atoms with Crippen LogP contribution in [-0.4, -0.2) is 18.4 Å². The van der Waals surface area contributed by atoms with E-state index >= 15 is 0 Å². The molecule has 2 amide bonds. The van der Waals surface area contributed by atoms with Gasteiger partial charge >= 0.3 is 0 Å². The maximum Gasteiger partial charge on any atom is 0.254 e. The van der Waals surface area contributed by atoms with Crippen LogP contribution in [0.15, 0.2) is 42.5 Å². The third kappa shape index (κ3) is 4.25. The molecule has 0 spiro atoms. The Kier molecular flexibility index (Phi) is 6.01. The summed E-state index contributed by atoms with van der Waals surface area (Å²) in [5, 5.41) is 3.21. The number of carbonyl (C=O) groups excluding carboxylic acids is 2. The van der Waals surface area contributed by atoms with E-state index in [2.05, 4.69) is 12.2 Å². The minimum absolute atomic E-state index is 0.184. The molecule has 5 nitrogen and oxygen atoms in total. The van der Waals surface area contributed by atoms with Gasteiger partial charge in [0.2, 0.25) is 5.91 Å². The van der Waals surface area contributed by atoms with Gasteiger partial charge in [-0.05, 0) is 30.2 Å². The van der Waals surface area contributed by atoms with Crippen LogP contribution in [0.4, 0.5) is 5.69 Å². The summed E-state index contributed by atoms with van der Waals surface area (Å²) in [5.74, 6) is 0.376. The fourth-order valence-corrected chi connectivity index (χ4v) is 3.44. The van der Waals surface area contributed by atoms with Gasteiger partial charge in [-0.2, -0.15) is 0 Å². The molecule has 0 bridgehead atoms. The van der Waals surface area contributed by atoms with Crippen LogP contribution >= 0.6 is 11.6 Å². The number of nitrogens with one attached hydrogen (secondary N) is 1. The van der Waals surface area contributed by atoms with Crippen molar-refractivity contribution in [3.8, 4) is 5.75 Å². The molecule has 1 atom stereocenters. The molecule has 2 aromatic carbocycles. The molecule has 0 fully saturated rings. The SMILES string of the molecule is CCCCOc1ccc(CN2C(=O)C(NC(C)=O)c3cccc(Cl)c32)cc1. The summed E-state index contributed by atoms with van der Waals surface area (Å²) in [6.07, 6.45) is 2.11. The molecule has 0 radical (unpaired) electrons. The average Bonchev–Trinajstić information content (AvgIpc) is 2.90. The highest BCUT2D eigenvalue weighted by Gasteiger charge is 2.39. The minimum Gasteiger partial charge on any atom is -0.494 e. The number of carbonyl (C=O) groups is 2. The lowest BCUT2D eigenvalue weighted by molar-refractivity contribution is -0.126. The molecule has 142 valence electrons. The van der Waals surface area contributed by atoms with Gasteiger partial charge in [-0.1, -0.05) is 49.2 Å². The zero-order valence-corrected chi connectivity index (χ0v) is 16.3. The largest absolute Gasteiger partial charge is 0.494 e. The van der Waals surface area contributed by atoms with Crippen LogP contribution in [0.2, 0.25) is 5.02 Å². The van der Waals surface area contributed by atoms with E-state index in [1.807, 2.05) is 30.3 Å². The molecule has 0 aliphatic carbocycles. The molecule has 27 heavy (non-hydrogen) atoms. The summed E-state index contributed by atoms with van der Waals surface area (Å²) in [6.45, 7) is 4.59. The van der Waals surface area contributed by atoms with E-state index in [1.165, 1.54) is 6.92 Å². The Morgan fingerprint density at radius 1 is 1.22 bits per heavy atom. The molecule has 2 aromatic rings. The number of unbranched alkanes of at least 4 members (excludes halogenated alkanes) is 1. The van der Waals surface area contributed by atoms with Gasteiger partial charge in [0.1, 0.15) is 11.8 Å². The van der Waals surface area contributed by atoms with Crippen molar-refractivity contribution in [3.05, 3.63) is 58.6 Å². The smallest absolute Gasteiger partial charge is 0.254 e. The lowest BCUT2D eigenvalue weighted by Crippen LogP contribution is -2.36. The Labute approximate surface area is 164 Å². The summed E-state index contributed by atoms with van der Waals surface area (Å²) in [4.78, 5) is 26.1. The summed E-state index contributed by atoms with van der Waals surface area (Å²) < 4.78 is 5.68. The van der Waals surface area contributed by atoms with Crippen molar-refractivity contribution >= 4 is 29.1 Å². The third-order valence-corrected chi connectivity index (χ3v) is 4.80. The Morgan fingerprint density at radius 3 is 2.63 bits per heavy atom. The van der Waals surface area contributed by atoms with Crippen LogP contribution in [0.25, 0.3) is 0 Å². The molecule has 0 saturated heterocycles. The van der Waals surface area contributed by atoms with Crippen LogP contribution in [0.5, 0.6) is 5.75 Å². The number of rotatable bonds is 7. The second-order valence-electron chi connectivity index (χ2n) is 6.58. The molecule has 1 unspecified atom stereocenters. The zero-order chi connectivity index (χ0) is 19.4. The van der Waals surface area contributed by atoms with Crippen LogP contribution in [0.3, 0.4) is 0 Å². The van der Waals surface area contributed by atoms with Gasteiger partial charge in [0, 0.05) is 12.5 Å². The first-order chi connectivity index (χ1) is 13.0. The van der Waals surface area contributed by atoms with Crippen LogP contribution < -0.4 is 15.0 Å². The molecule has 1 N–H and O–H groups in total. The standard InChI is InChI=1S/C21H23ClN2O3/c1-3-4-12-27-16-10-8-15(9-11-16)13-24-20-17(6-5-7-18(20)22)19(21(24)26)23-14(2)25/h5-11,19H,3-4,12-13H2,1-2H3,(H,23,25). The molecule has 1 aliphatic rings. The zero-order valence-electron chi connectivity index (χ0n) is 15.5. The lowest BCUT2D eigenvalue weighted by Gasteiger charge is -2.19. The van der Waals surface area contributed by atoms with E-state index in [1.54, 1.807) is 17.0 Å². The number of fused-ring (bicyclic) bond motifs is 1. The molecule has 1 aliphatic heterocycles.